The van der Waals surface area contributed by atoms with Crippen LogP contribution < -0.4 is 0 Å². The number of aromatic nitrogens is 3. The molecule has 1 aromatic carbocycles. The van der Waals surface area contributed by atoms with Crippen molar-refractivity contribution in [3.8, 4) is 10.6 Å². The van der Waals surface area contributed by atoms with Crippen molar-refractivity contribution in [2.45, 2.75) is 6.92 Å². The zero-order valence-electron chi connectivity index (χ0n) is 10.2. The number of ether oxygens (including phenoxy) is 1. The van der Waals surface area contributed by atoms with Crippen molar-refractivity contribution in [3.63, 3.8) is 0 Å². The molecule has 19 heavy (non-hydrogen) atoms. The van der Waals surface area contributed by atoms with Crippen molar-refractivity contribution in [2.24, 2.45) is 0 Å². The lowest BCUT2D eigenvalue weighted by molar-refractivity contribution is 0.0517. The average molecular weight is 273 g/mol. The van der Waals surface area contributed by atoms with Gasteiger partial charge in [-0.25, -0.2) is 9.78 Å². The highest BCUT2D eigenvalue weighted by molar-refractivity contribution is 7.19. The SMILES string of the molecule is CCOC(=O)c1cnc2sc(-c3ccccc3)nn12. The molecule has 3 rings (SSSR count). The predicted octanol–water partition coefficient (Wildman–Crippen LogP) is 2.63. The van der Waals surface area contributed by atoms with Crippen LogP contribution in [0.15, 0.2) is 36.5 Å². The Morgan fingerprint density at radius 2 is 2.16 bits per heavy atom. The molecular weight excluding hydrogens is 262 g/mol. The molecule has 0 aliphatic rings. The first-order chi connectivity index (χ1) is 9.29. The van der Waals surface area contributed by atoms with Crippen LogP contribution in [-0.2, 0) is 4.74 Å². The van der Waals surface area contributed by atoms with Crippen LogP contribution in [0.4, 0.5) is 0 Å². The molecule has 0 unspecified atom stereocenters. The van der Waals surface area contributed by atoms with Crippen LogP contribution in [0.1, 0.15) is 17.4 Å². The first kappa shape index (κ1) is 11.9. The van der Waals surface area contributed by atoms with Crippen LogP contribution in [0.3, 0.4) is 0 Å². The maximum Gasteiger partial charge on any atom is 0.358 e. The maximum absolute atomic E-state index is 11.7. The van der Waals surface area contributed by atoms with Crippen LogP contribution in [0.2, 0.25) is 0 Å². The standard InChI is InChI=1S/C13H11N3O2S/c1-2-18-12(17)10-8-14-13-16(10)15-11(19-13)9-6-4-3-5-7-9/h3-8H,2H2,1H3. The molecule has 0 amide bonds. The molecule has 2 heterocycles. The minimum atomic E-state index is -0.403. The Balaban J connectivity index is 2.05. The van der Waals surface area contributed by atoms with Crippen molar-refractivity contribution in [1.29, 1.82) is 0 Å². The Morgan fingerprint density at radius 3 is 2.89 bits per heavy atom. The molecule has 2 aromatic heterocycles. The molecular formula is C13H11N3O2S. The second-order valence-electron chi connectivity index (χ2n) is 3.83. The zero-order chi connectivity index (χ0) is 13.2. The number of rotatable bonds is 3. The van der Waals surface area contributed by atoms with Gasteiger partial charge >= 0.3 is 5.97 Å². The van der Waals surface area contributed by atoms with Crippen LogP contribution in [-0.4, -0.2) is 27.2 Å². The fourth-order valence-corrected chi connectivity index (χ4v) is 2.61. The Bertz CT molecular complexity index is 718. The zero-order valence-corrected chi connectivity index (χ0v) is 11.1. The number of imidazole rings is 1. The minimum absolute atomic E-state index is 0.335. The highest BCUT2D eigenvalue weighted by atomic mass is 32.1. The first-order valence-corrected chi connectivity index (χ1v) is 6.68. The third kappa shape index (κ3) is 2.10. The van der Waals surface area contributed by atoms with Gasteiger partial charge in [0.1, 0.15) is 5.01 Å². The highest BCUT2D eigenvalue weighted by Crippen LogP contribution is 2.25. The quantitative estimate of drug-likeness (QED) is 0.688. The van der Waals surface area contributed by atoms with E-state index in [9.17, 15) is 4.79 Å². The average Bonchev–Trinajstić information content (AvgIpc) is 2.99. The van der Waals surface area contributed by atoms with Gasteiger partial charge in [0.05, 0.1) is 12.8 Å². The summed E-state index contributed by atoms with van der Waals surface area (Å²) in [6.07, 6.45) is 1.49. The Kier molecular flexibility index (Phi) is 3.00. The minimum Gasteiger partial charge on any atom is -0.461 e. The number of hydrogen-bond donors (Lipinski definition) is 0. The van der Waals surface area contributed by atoms with Gasteiger partial charge in [0.25, 0.3) is 0 Å². The monoisotopic (exact) mass is 273 g/mol. The lowest BCUT2D eigenvalue weighted by Crippen LogP contribution is -2.08. The molecule has 0 aliphatic carbocycles. The highest BCUT2D eigenvalue weighted by Gasteiger charge is 2.17. The van der Waals surface area contributed by atoms with Crippen molar-refractivity contribution in [1.82, 2.24) is 14.6 Å². The predicted molar refractivity (Wildman–Crippen MR) is 72.3 cm³/mol. The number of esters is 1. The van der Waals surface area contributed by atoms with Gasteiger partial charge in [-0.1, -0.05) is 41.7 Å². The molecule has 0 bridgehead atoms. The molecule has 0 atom stereocenters. The second kappa shape index (κ2) is 4.81. The van der Waals surface area contributed by atoms with E-state index in [0.29, 0.717) is 17.3 Å². The van der Waals surface area contributed by atoms with E-state index in [2.05, 4.69) is 10.1 Å². The third-order valence-corrected chi connectivity index (χ3v) is 3.56. The topological polar surface area (TPSA) is 56.5 Å². The largest absolute Gasteiger partial charge is 0.461 e. The summed E-state index contributed by atoms with van der Waals surface area (Å²) >= 11 is 1.44. The van der Waals surface area contributed by atoms with E-state index in [4.69, 9.17) is 4.74 Å². The number of carbonyl (C=O) groups is 1. The number of hydrogen-bond acceptors (Lipinski definition) is 5. The molecule has 96 valence electrons. The molecule has 3 aromatic rings. The number of carbonyl (C=O) groups excluding carboxylic acids is 1. The summed E-state index contributed by atoms with van der Waals surface area (Å²) in [6, 6.07) is 9.80. The smallest absolute Gasteiger partial charge is 0.358 e. The number of fused-ring (bicyclic) bond motifs is 1. The molecule has 0 N–H and O–H groups in total. The van der Waals surface area contributed by atoms with Crippen molar-refractivity contribution in [2.75, 3.05) is 6.61 Å². The van der Waals surface area contributed by atoms with E-state index in [1.165, 1.54) is 22.0 Å². The van der Waals surface area contributed by atoms with Gasteiger partial charge in [-0.2, -0.15) is 9.61 Å². The number of nitrogens with zero attached hydrogens (tertiary/aromatic N) is 3. The van der Waals surface area contributed by atoms with E-state index in [0.717, 1.165) is 10.6 Å². The molecule has 0 saturated carbocycles. The maximum atomic E-state index is 11.7. The van der Waals surface area contributed by atoms with Crippen molar-refractivity contribution in [3.05, 3.63) is 42.2 Å². The molecule has 0 aliphatic heterocycles. The molecule has 6 heteroatoms. The van der Waals surface area contributed by atoms with Gasteiger partial charge in [0.2, 0.25) is 4.96 Å². The summed E-state index contributed by atoms with van der Waals surface area (Å²) in [5.74, 6) is -0.403. The van der Waals surface area contributed by atoms with Gasteiger partial charge in [-0.15, -0.1) is 0 Å². The van der Waals surface area contributed by atoms with Crippen molar-refractivity contribution >= 4 is 22.3 Å². The second-order valence-corrected chi connectivity index (χ2v) is 4.79. The van der Waals surface area contributed by atoms with Gasteiger partial charge in [0.15, 0.2) is 5.69 Å². The van der Waals surface area contributed by atoms with Gasteiger partial charge in [0, 0.05) is 5.56 Å². The molecule has 5 nitrogen and oxygen atoms in total. The molecule has 0 fully saturated rings. The fraction of sp³-hybridized carbons (Fsp3) is 0.154. The lowest BCUT2D eigenvalue weighted by atomic mass is 10.2. The lowest BCUT2D eigenvalue weighted by Gasteiger charge is -1.98. The van der Waals surface area contributed by atoms with E-state index in [1.54, 1.807) is 6.92 Å². The van der Waals surface area contributed by atoms with Crippen molar-refractivity contribution < 1.29 is 9.53 Å². The van der Waals surface area contributed by atoms with E-state index in [-0.39, 0.29) is 0 Å². The van der Waals surface area contributed by atoms with Crippen LogP contribution in [0.5, 0.6) is 0 Å². The summed E-state index contributed by atoms with van der Waals surface area (Å²) in [6.45, 7) is 2.11. The van der Waals surface area contributed by atoms with Gasteiger partial charge in [-0.05, 0) is 6.92 Å². The van der Waals surface area contributed by atoms with Gasteiger partial charge in [-0.3, -0.25) is 0 Å². The Labute approximate surface area is 113 Å². The van der Waals surface area contributed by atoms with Crippen LogP contribution >= 0.6 is 11.3 Å². The van der Waals surface area contributed by atoms with E-state index < -0.39 is 5.97 Å². The molecule has 0 spiro atoms. The fourth-order valence-electron chi connectivity index (χ4n) is 1.73. The molecule has 0 radical (unpaired) electrons. The summed E-state index contributed by atoms with van der Waals surface area (Å²) in [5.41, 5.74) is 1.36. The number of benzene rings is 1. The Morgan fingerprint density at radius 1 is 1.37 bits per heavy atom. The van der Waals surface area contributed by atoms with E-state index >= 15 is 0 Å². The normalized spacial score (nSPS) is 10.8. The molecule has 0 saturated heterocycles. The summed E-state index contributed by atoms with van der Waals surface area (Å²) in [7, 11) is 0. The summed E-state index contributed by atoms with van der Waals surface area (Å²) in [5, 5.41) is 5.25. The van der Waals surface area contributed by atoms with E-state index in [1.807, 2.05) is 30.3 Å². The van der Waals surface area contributed by atoms with Crippen LogP contribution in [0.25, 0.3) is 15.5 Å². The first-order valence-electron chi connectivity index (χ1n) is 5.86. The summed E-state index contributed by atoms with van der Waals surface area (Å²) in [4.78, 5) is 16.6. The van der Waals surface area contributed by atoms with Crippen LogP contribution in [0, 0.1) is 0 Å². The third-order valence-electron chi connectivity index (χ3n) is 2.59. The summed E-state index contributed by atoms with van der Waals surface area (Å²) < 4.78 is 6.51. The Hall–Kier alpha value is -2.21. The van der Waals surface area contributed by atoms with Gasteiger partial charge < -0.3 is 4.74 Å².